The molecule has 0 spiro atoms. The van der Waals surface area contributed by atoms with Gasteiger partial charge in [0.25, 0.3) is 0 Å². The van der Waals surface area contributed by atoms with Crippen LogP contribution in [0.5, 0.6) is 5.75 Å². The predicted molar refractivity (Wildman–Crippen MR) is 96.8 cm³/mol. The number of esters is 1. The van der Waals surface area contributed by atoms with E-state index in [1.807, 2.05) is 24.3 Å². The van der Waals surface area contributed by atoms with E-state index in [1.54, 1.807) is 0 Å². The Bertz CT molecular complexity index is 781. The first-order valence-corrected chi connectivity index (χ1v) is 9.10. The molecule has 0 saturated heterocycles. The highest BCUT2D eigenvalue weighted by molar-refractivity contribution is 8.01. The molecule has 0 unspecified atom stereocenters. The summed E-state index contributed by atoms with van der Waals surface area (Å²) in [6, 6.07) is 13.2. The molecule has 0 aliphatic carbocycles. The van der Waals surface area contributed by atoms with Gasteiger partial charge in [0.05, 0.1) is 30.6 Å². The molecule has 1 aliphatic heterocycles. The molecule has 0 bridgehead atoms. The van der Waals surface area contributed by atoms with E-state index in [4.69, 9.17) is 9.47 Å². The molecule has 1 aliphatic rings. The summed E-state index contributed by atoms with van der Waals surface area (Å²) >= 11 is 1.37. The van der Waals surface area contributed by atoms with Crippen LogP contribution >= 0.6 is 11.8 Å². The highest BCUT2D eigenvalue weighted by Gasteiger charge is 2.29. The summed E-state index contributed by atoms with van der Waals surface area (Å²) in [7, 11) is 0. The molecule has 0 saturated carbocycles. The minimum Gasteiger partial charge on any atom is -0.493 e. The molecule has 136 valence electrons. The van der Waals surface area contributed by atoms with Crippen molar-refractivity contribution in [1.29, 1.82) is 0 Å². The second-order valence-electron chi connectivity index (χ2n) is 5.67. The summed E-state index contributed by atoms with van der Waals surface area (Å²) in [6.45, 7) is 0.556. The topological polar surface area (TPSA) is 64.6 Å². The van der Waals surface area contributed by atoms with Gasteiger partial charge in [-0.05, 0) is 36.4 Å². The van der Waals surface area contributed by atoms with Crippen molar-refractivity contribution in [2.45, 2.75) is 23.0 Å². The van der Waals surface area contributed by atoms with Gasteiger partial charge in [0.1, 0.15) is 11.6 Å². The molecule has 2 aromatic carbocycles. The number of fused-ring (bicyclic) bond motifs is 1. The number of anilines is 1. The van der Waals surface area contributed by atoms with Gasteiger partial charge in [0.15, 0.2) is 0 Å². The van der Waals surface area contributed by atoms with E-state index in [9.17, 15) is 14.0 Å². The Hall–Kier alpha value is -2.54. The van der Waals surface area contributed by atoms with E-state index in [1.165, 1.54) is 36.0 Å². The number of hydrogen-bond donors (Lipinski definition) is 1. The van der Waals surface area contributed by atoms with Gasteiger partial charge >= 0.3 is 5.97 Å². The molecule has 0 radical (unpaired) electrons. The maximum atomic E-state index is 12.8. The Kier molecular flexibility index (Phi) is 6.12. The maximum Gasteiger partial charge on any atom is 0.307 e. The van der Waals surface area contributed by atoms with Crippen LogP contribution in [0.15, 0.2) is 53.4 Å². The zero-order chi connectivity index (χ0) is 18.4. The third-order valence-electron chi connectivity index (χ3n) is 3.69. The van der Waals surface area contributed by atoms with Crippen LogP contribution in [-0.4, -0.2) is 30.3 Å². The van der Waals surface area contributed by atoms with Gasteiger partial charge in [0, 0.05) is 11.3 Å². The normalized spacial score (nSPS) is 15.7. The van der Waals surface area contributed by atoms with Gasteiger partial charge in [-0.2, -0.15) is 0 Å². The molecule has 2 aromatic rings. The molecule has 1 amide bonds. The number of thioether (sulfide) groups is 1. The van der Waals surface area contributed by atoms with Crippen molar-refractivity contribution in [3.05, 3.63) is 54.3 Å². The molecule has 5 nitrogen and oxygen atoms in total. The molecule has 0 aromatic heterocycles. The quantitative estimate of drug-likeness (QED) is 0.591. The third kappa shape index (κ3) is 4.98. The number of hydrogen-bond acceptors (Lipinski definition) is 5. The average molecular weight is 375 g/mol. The van der Waals surface area contributed by atoms with Crippen LogP contribution in [0.1, 0.15) is 12.8 Å². The lowest BCUT2D eigenvalue weighted by Gasteiger charge is -2.23. The Morgan fingerprint density at radius 3 is 2.69 bits per heavy atom. The Morgan fingerprint density at radius 1 is 1.12 bits per heavy atom. The summed E-state index contributed by atoms with van der Waals surface area (Å²) in [6.07, 6.45) is 0.527. The SMILES string of the molecule is O=C(C[C@H]1Sc2ccccc2NC1=O)OCCCOc1ccc(F)cc1. The van der Waals surface area contributed by atoms with Crippen LogP contribution in [0.4, 0.5) is 10.1 Å². The fraction of sp³-hybridized carbons (Fsp3) is 0.263. The fourth-order valence-corrected chi connectivity index (χ4v) is 3.50. The Labute approximate surface area is 154 Å². The predicted octanol–water partition coefficient (Wildman–Crippen LogP) is 3.64. The average Bonchev–Trinajstić information content (AvgIpc) is 2.63. The largest absolute Gasteiger partial charge is 0.493 e. The van der Waals surface area contributed by atoms with Crippen molar-refractivity contribution in [2.24, 2.45) is 0 Å². The third-order valence-corrected chi connectivity index (χ3v) is 4.97. The van der Waals surface area contributed by atoms with E-state index in [0.717, 1.165) is 10.6 Å². The van der Waals surface area contributed by atoms with Crippen molar-refractivity contribution in [3.63, 3.8) is 0 Å². The smallest absolute Gasteiger partial charge is 0.307 e. The second-order valence-corrected chi connectivity index (χ2v) is 6.92. The molecule has 1 heterocycles. The summed E-state index contributed by atoms with van der Waals surface area (Å²) in [4.78, 5) is 24.9. The van der Waals surface area contributed by atoms with Gasteiger partial charge in [-0.25, -0.2) is 4.39 Å². The standard InChI is InChI=1S/C19H18FNO4S/c20-13-6-8-14(9-7-13)24-10-3-11-25-18(22)12-17-19(23)21-15-4-1-2-5-16(15)26-17/h1-2,4-9,17H,3,10-12H2,(H,21,23)/t17-/m1/s1. The lowest BCUT2D eigenvalue weighted by atomic mass is 10.2. The van der Waals surface area contributed by atoms with Crippen LogP contribution in [0, 0.1) is 5.82 Å². The molecule has 7 heteroatoms. The van der Waals surface area contributed by atoms with E-state index in [2.05, 4.69) is 5.32 Å². The highest BCUT2D eigenvalue weighted by Crippen LogP contribution is 2.36. The summed E-state index contributed by atoms with van der Waals surface area (Å²) in [5.74, 6) is -0.366. The van der Waals surface area contributed by atoms with Crippen LogP contribution in [0.2, 0.25) is 0 Å². The van der Waals surface area contributed by atoms with Gasteiger partial charge in [0.2, 0.25) is 5.91 Å². The number of amides is 1. The second kappa shape index (κ2) is 8.71. The van der Waals surface area contributed by atoms with Crippen LogP contribution < -0.4 is 10.1 Å². The van der Waals surface area contributed by atoms with Crippen molar-refractivity contribution in [1.82, 2.24) is 0 Å². The van der Waals surface area contributed by atoms with Crippen molar-refractivity contribution < 1.29 is 23.5 Å². The van der Waals surface area contributed by atoms with Gasteiger partial charge < -0.3 is 14.8 Å². The maximum absolute atomic E-state index is 12.8. The first-order valence-electron chi connectivity index (χ1n) is 8.22. The minimum absolute atomic E-state index is 0.0175. The molecule has 1 N–H and O–H groups in total. The number of nitrogens with one attached hydrogen (secondary N) is 1. The van der Waals surface area contributed by atoms with Gasteiger partial charge in [-0.1, -0.05) is 12.1 Å². The van der Waals surface area contributed by atoms with Crippen molar-refractivity contribution >= 4 is 29.3 Å². The number of benzene rings is 2. The van der Waals surface area contributed by atoms with Crippen molar-refractivity contribution in [3.8, 4) is 5.75 Å². The Balaban J connectivity index is 1.36. The van der Waals surface area contributed by atoms with E-state index < -0.39 is 11.2 Å². The number of halogens is 1. The lowest BCUT2D eigenvalue weighted by molar-refractivity contribution is -0.144. The zero-order valence-electron chi connectivity index (χ0n) is 13.9. The summed E-state index contributed by atoms with van der Waals surface area (Å²) < 4.78 is 23.4. The van der Waals surface area contributed by atoms with E-state index >= 15 is 0 Å². The van der Waals surface area contributed by atoms with E-state index in [-0.39, 0.29) is 24.8 Å². The number of ether oxygens (including phenoxy) is 2. The number of carbonyl (C=O) groups excluding carboxylic acids is 2. The minimum atomic E-state index is -0.493. The zero-order valence-corrected chi connectivity index (χ0v) is 14.8. The first-order chi connectivity index (χ1) is 12.6. The highest BCUT2D eigenvalue weighted by atomic mass is 32.2. The molecular formula is C19H18FNO4S. The Morgan fingerprint density at radius 2 is 1.88 bits per heavy atom. The first kappa shape index (κ1) is 18.3. The molecule has 1 atom stereocenters. The molecular weight excluding hydrogens is 357 g/mol. The summed E-state index contributed by atoms with van der Waals surface area (Å²) in [5, 5.41) is 2.31. The molecule has 26 heavy (non-hydrogen) atoms. The van der Waals surface area contributed by atoms with Crippen LogP contribution in [0.3, 0.4) is 0 Å². The monoisotopic (exact) mass is 375 g/mol. The molecule has 0 fully saturated rings. The number of carbonyl (C=O) groups is 2. The summed E-state index contributed by atoms with van der Waals surface area (Å²) in [5.41, 5.74) is 0.769. The van der Waals surface area contributed by atoms with Gasteiger partial charge in [-0.15, -0.1) is 11.8 Å². The van der Waals surface area contributed by atoms with Crippen molar-refractivity contribution in [2.75, 3.05) is 18.5 Å². The fourth-order valence-electron chi connectivity index (χ4n) is 2.40. The molecule has 3 rings (SSSR count). The lowest BCUT2D eigenvalue weighted by Crippen LogP contribution is -2.31. The van der Waals surface area contributed by atoms with Gasteiger partial charge in [-0.3, -0.25) is 9.59 Å². The number of para-hydroxylation sites is 1. The van der Waals surface area contributed by atoms with E-state index in [0.29, 0.717) is 18.8 Å². The number of rotatable bonds is 7. The van der Waals surface area contributed by atoms with Crippen LogP contribution in [-0.2, 0) is 14.3 Å². The van der Waals surface area contributed by atoms with Crippen LogP contribution in [0.25, 0.3) is 0 Å².